The van der Waals surface area contributed by atoms with E-state index in [0.717, 1.165) is 79.5 Å². The number of nitrogens with two attached hydrogens (primary N) is 1. The van der Waals surface area contributed by atoms with Gasteiger partial charge in [-0.05, 0) is 30.7 Å². The van der Waals surface area contributed by atoms with Crippen LogP contribution in [0.3, 0.4) is 0 Å². The second-order valence-corrected chi connectivity index (χ2v) is 9.57. The van der Waals surface area contributed by atoms with E-state index in [2.05, 4.69) is 32.7 Å². The van der Waals surface area contributed by atoms with Gasteiger partial charge in [-0.2, -0.15) is 0 Å². The summed E-state index contributed by atoms with van der Waals surface area (Å²) in [6.07, 6.45) is 2.82. The van der Waals surface area contributed by atoms with Gasteiger partial charge in [0.15, 0.2) is 0 Å². The van der Waals surface area contributed by atoms with Gasteiger partial charge in [-0.15, -0.1) is 22.7 Å². The first kappa shape index (κ1) is 19.9. The summed E-state index contributed by atoms with van der Waals surface area (Å²) in [7, 11) is 0. The second kappa shape index (κ2) is 8.58. The minimum atomic E-state index is -0.316. The van der Waals surface area contributed by atoms with Crippen molar-refractivity contribution in [2.75, 3.05) is 37.7 Å². The van der Waals surface area contributed by atoms with Gasteiger partial charge in [-0.1, -0.05) is 6.07 Å². The maximum Gasteiger partial charge on any atom is 0.240 e. The zero-order valence-electron chi connectivity index (χ0n) is 16.7. The normalized spacial score (nSPS) is 20.7. The number of ether oxygens (including phenoxy) is 1. The summed E-state index contributed by atoms with van der Waals surface area (Å²) in [6.45, 7) is 4.73. The number of carbonyl (C=O) groups is 1. The number of amides is 1. The molecule has 2 fully saturated rings. The monoisotopic (exact) mass is 443 g/mol. The summed E-state index contributed by atoms with van der Waals surface area (Å²) in [5.74, 6) is 1.38. The van der Waals surface area contributed by atoms with Gasteiger partial charge in [0.2, 0.25) is 5.91 Å². The molecular formula is C21H25N5O2S2. The Morgan fingerprint density at radius 3 is 2.83 bits per heavy atom. The van der Waals surface area contributed by atoms with Gasteiger partial charge in [0.1, 0.15) is 22.5 Å². The van der Waals surface area contributed by atoms with Crippen LogP contribution in [0, 0.1) is 0 Å². The van der Waals surface area contributed by atoms with Gasteiger partial charge in [0.05, 0.1) is 25.1 Å². The van der Waals surface area contributed by atoms with Crippen LogP contribution in [-0.4, -0.2) is 59.7 Å². The van der Waals surface area contributed by atoms with Crippen molar-refractivity contribution in [3.63, 3.8) is 0 Å². The minimum Gasteiger partial charge on any atom is -0.379 e. The van der Waals surface area contributed by atoms with E-state index >= 15 is 0 Å². The number of carbonyl (C=O) groups excluding carboxylic acids is 1. The van der Waals surface area contributed by atoms with Gasteiger partial charge < -0.3 is 15.4 Å². The topological polar surface area (TPSA) is 84.6 Å². The lowest BCUT2D eigenvalue weighted by molar-refractivity contribution is -0.119. The Bertz CT molecular complexity index is 1030. The lowest BCUT2D eigenvalue weighted by Gasteiger charge is -2.35. The Morgan fingerprint density at radius 2 is 2.07 bits per heavy atom. The number of aromatic nitrogens is 2. The van der Waals surface area contributed by atoms with Crippen molar-refractivity contribution >= 4 is 44.6 Å². The lowest BCUT2D eigenvalue weighted by Crippen LogP contribution is -2.48. The predicted molar refractivity (Wildman–Crippen MR) is 121 cm³/mol. The molecule has 0 aromatic carbocycles. The van der Waals surface area contributed by atoms with Crippen LogP contribution in [0.5, 0.6) is 0 Å². The van der Waals surface area contributed by atoms with Crippen LogP contribution in [0.15, 0.2) is 22.9 Å². The molecule has 0 radical (unpaired) electrons. The first-order valence-electron chi connectivity index (χ1n) is 10.4. The fourth-order valence-electron chi connectivity index (χ4n) is 4.30. The van der Waals surface area contributed by atoms with Crippen LogP contribution >= 0.6 is 22.7 Å². The van der Waals surface area contributed by atoms with Crippen LogP contribution in [0.25, 0.3) is 20.7 Å². The first-order valence-corrected chi connectivity index (χ1v) is 12.1. The van der Waals surface area contributed by atoms with Crippen molar-refractivity contribution in [2.45, 2.75) is 31.8 Å². The molecular weight excluding hydrogens is 418 g/mol. The van der Waals surface area contributed by atoms with Crippen LogP contribution in [0.4, 0.5) is 5.82 Å². The van der Waals surface area contributed by atoms with Crippen LogP contribution in [0.1, 0.15) is 25.1 Å². The highest BCUT2D eigenvalue weighted by atomic mass is 32.1. The Labute approximate surface area is 183 Å². The molecule has 9 heteroatoms. The zero-order valence-corrected chi connectivity index (χ0v) is 18.4. The number of hydrogen-bond acceptors (Lipinski definition) is 8. The van der Waals surface area contributed by atoms with Crippen molar-refractivity contribution in [2.24, 2.45) is 5.73 Å². The molecule has 3 aromatic rings. The maximum atomic E-state index is 12.2. The SMILES string of the molecule is NC(=O)[C@@H]1CCCCN1c1nc(CN2CCOCC2)nc2scc(-c3cccs3)c12. The fourth-order valence-corrected chi connectivity index (χ4v) is 6.07. The van der Waals surface area contributed by atoms with Gasteiger partial charge in [-0.3, -0.25) is 9.69 Å². The van der Waals surface area contributed by atoms with Gasteiger partial charge in [0.25, 0.3) is 0 Å². The summed E-state index contributed by atoms with van der Waals surface area (Å²) in [5.41, 5.74) is 6.94. The average molecular weight is 444 g/mol. The number of rotatable bonds is 5. The summed E-state index contributed by atoms with van der Waals surface area (Å²) >= 11 is 3.36. The molecule has 1 amide bonds. The number of morpholine rings is 1. The lowest BCUT2D eigenvalue weighted by atomic mass is 10.0. The molecule has 5 heterocycles. The van der Waals surface area contributed by atoms with E-state index in [0.29, 0.717) is 6.54 Å². The molecule has 5 rings (SSSR count). The van der Waals surface area contributed by atoms with Crippen LogP contribution in [-0.2, 0) is 16.1 Å². The van der Waals surface area contributed by atoms with Crippen molar-refractivity contribution in [1.82, 2.24) is 14.9 Å². The van der Waals surface area contributed by atoms with Crippen molar-refractivity contribution < 1.29 is 9.53 Å². The van der Waals surface area contributed by atoms with Gasteiger partial charge >= 0.3 is 0 Å². The number of fused-ring (bicyclic) bond motifs is 1. The summed E-state index contributed by atoms with van der Waals surface area (Å²) in [6, 6.07) is 3.87. The summed E-state index contributed by atoms with van der Waals surface area (Å²) in [4.78, 5) is 28.8. The highest BCUT2D eigenvalue weighted by molar-refractivity contribution is 7.18. The number of piperidine rings is 1. The summed E-state index contributed by atoms with van der Waals surface area (Å²) < 4.78 is 5.47. The number of primary amides is 1. The molecule has 2 N–H and O–H groups in total. The number of nitrogens with zero attached hydrogens (tertiary/aromatic N) is 4. The maximum absolute atomic E-state index is 12.2. The van der Waals surface area contributed by atoms with Crippen LogP contribution < -0.4 is 10.6 Å². The molecule has 30 heavy (non-hydrogen) atoms. The molecule has 1 atom stereocenters. The molecule has 2 aliphatic rings. The number of hydrogen-bond donors (Lipinski definition) is 1. The molecule has 0 aliphatic carbocycles. The van der Waals surface area contributed by atoms with Crippen molar-refractivity contribution in [1.29, 1.82) is 0 Å². The molecule has 2 aliphatic heterocycles. The first-order chi connectivity index (χ1) is 14.7. The Kier molecular flexibility index (Phi) is 5.68. The predicted octanol–water partition coefficient (Wildman–Crippen LogP) is 3.10. The van der Waals surface area contributed by atoms with E-state index in [1.165, 1.54) is 4.88 Å². The van der Waals surface area contributed by atoms with E-state index in [-0.39, 0.29) is 11.9 Å². The van der Waals surface area contributed by atoms with Crippen LogP contribution in [0.2, 0.25) is 0 Å². The summed E-state index contributed by atoms with van der Waals surface area (Å²) in [5, 5.41) is 5.29. The third-order valence-corrected chi connectivity index (χ3v) is 7.59. The van der Waals surface area contributed by atoms with E-state index in [1.54, 1.807) is 22.7 Å². The average Bonchev–Trinajstić information content (AvgIpc) is 3.43. The molecule has 0 saturated carbocycles. The quantitative estimate of drug-likeness (QED) is 0.652. The largest absolute Gasteiger partial charge is 0.379 e. The Hall–Kier alpha value is -2.07. The molecule has 3 aromatic heterocycles. The molecule has 0 spiro atoms. The third kappa shape index (κ3) is 3.82. The standard InChI is InChI=1S/C21H25N5O2S2/c22-19(27)15-4-1-2-6-26(15)20-18-14(16-5-3-11-29-16)13-30-21(18)24-17(23-20)12-25-7-9-28-10-8-25/h3,5,11,13,15H,1-2,4,6-10,12H2,(H2,22,27)/t15-/m0/s1. The van der Waals surface area contributed by atoms with Gasteiger partial charge in [0, 0.05) is 35.5 Å². The zero-order chi connectivity index (χ0) is 20.5. The number of anilines is 1. The highest BCUT2D eigenvalue weighted by Crippen LogP contribution is 2.41. The highest BCUT2D eigenvalue weighted by Gasteiger charge is 2.31. The Balaban J connectivity index is 1.62. The van der Waals surface area contributed by atoms with E-state index in [1.807, 2.05) is 0 Å². The van der Waals surface area contributed by atoms with Crippen molar-refractivity contribution in [3.05, 3.63) is 28.7 Å². The molecule has 0 unspecified atom stereocenters. The molecule has 2 saturated heterocycles. The molecule has 7 nitrogen and oxygen atoms in total. The van der Waals surface area contributed by atoms with Crippen molar-refractivity contribution in [3.8, 4) is 10.4 Å². The van der Waals surface area contributed by atoms with E-state index in [4.69, 9.17) is 20.4 Å². The number of thiophene rings is 2. The molecule has 158 valence electrons. The van der Waals surface area contributed by atoms with Gasteiger partial charge in [-0.25, -0.2) is 9.97 Å². The smallest absolute Gasteiger partial charge is 0.240 e. The fraction of sp³-hybridized carbons (Fsp3) is 0.476. The van der Waals surface area contributed by atoms with E-state index < -0.39 is 0 Å². The Morgan fingerprint density at radius 1 is 1.20 bits per heavy atom. The second-order valence-electron chi connectivity index (χ2n) is 7.77. The molecule has 0 bridgehead atoms. The van der Waals surface area contributed by atoms with E-state index in [9.17, 15) is 4.79 Å². The third-order valence-electron chi connectivity index (χ3n) is 5.82. The minimum absolute atomic E-state index is 0.274.